The third kappa shape index (κ3) is 4.90. The maximum atomic E-state index is 13.1. The van der Waals surface area contributed by atoms with E-state index in [4.69, 9.17) is 4.74 Å². The highest BCUT2D eigenvalue weighted by Crippen LogP contribution is 2.27. The minimum atomic E-state index is 0.0258. The Bertz CT molecular complexity index is 1010. The molecule has 1 amide bonds. The molecule has 31 heavy (non-hydrogen) atoms. The average molecular weight is 436 g/mol. The molecule has 0 N–H and O–H groups in total. The minimum absolute atomic E-state index is 0.0258. The second-order valence-corrected chi connectivity index (χ2v) is 9.00. The van der Waals surface area contributed by atoms with Crippen LogP contribution in [0.25, 0.3) is 10.6 Å². The predicted octanol–water partition coefficient (Wildman–Crippen LogP) is 5.29. The van der Waals surface area contributed by atoms with Gasteiger partial charge in [0, 0.05) is 42.8 Å². The number of methoxy groups -OCH3 is 1. The molecule has 3 aromatic rings. The number of aromatic nitrogens is 1. The monoisotopic (exact) mass is 435 g/mol. The van der Waals surface area contributed by atoms with E-state index in [9.17, 15) is 4.79 Å². The Morgan fingerprint density at radius 1 is 1.00 bits per heavy atom. The fourth-order valence-corrected chi connectivity index (χ4v) is 4.65. The van der Waals surface area contributed by atoms with Crippen molar-refractivity contribution in [1.82, 2.24) is 9.88 Å². The van der Waals surface area contributed by atoms with Crippen LogP contribution in [0.2, 0.25) is 0 Å². The van der Waals surface area contributed by atoms with Crippen molar-refractivity contribution >= 4 is 22.9 Å². The lowest BCUT2D eigenvalue weighted by Gasteiger charge is -2.23. The fraction of sp³-hybridized carbons (Fsp3) is 0.360. The van der Waals surface area contributed by atoms with Gasteiger partial charge in [0.1, 0.15) is 16.5 Å². The van der Waals surface area contributed by atoms with Gasteiger partial charge in [-0.25, -0.2) is 4.98 Å². The number of carbonyl (C=O) groups excluding carboxylic acids is 1. The molecule has 1 fully saturated rings. The van der Waals surface area contributed by atoms with Gasteiger partial charge in [0.05, 0.1) is 7.11 Å². The summed E-state index contributed by atoms with van der Waals surface area (Å²) in [4.78, 5) is 22.0. The topological polar surface area (TPSA) is 45.7 Å². The molecule has 0 aliphatic carbocycles. The van der Waals surface area contributed by atoms with Gasteiger partial charge < -0.3 is 14.5 Å². The SMILES string of the molecule is COc1ccc(N2CCCN(C(=O)c3csc(-c4ccc(C(C)C)cc4)n3)CC2)cc1. The van der Waals surface area contributed by atoms with Crippen LogP contribution in [-0.2, 0) is 0 Å². The molecule has 0 radical (unpaired) electrons. The van der Waals surface area contributed by atoms with Crippen LogP contribution in [-0.4, -0.2) is 49.1 Å². The number of rotatable bonds is 5. The maximum absolute atomic E-state index is 13.1. The van der Waals surface area contributed by atoms with Crippen molar-refractivity contribution in [3.05, 3.63) is 65.2 Å². The van der Waals surface area contributed by atoms with Crippen molar-refractivity contribution in [2.45, 2.75) is 26.2 Å². The molecule has 6 heteroatoms. The highest BCUT2D eigenvalue weighted by Gasteiger charge is 2.22. The molecule has 0 unspecified atom stereocenters. The van der Waals surface area contributed by atoms with Gasteiger partial charge in [-0.2, -0.15) is 0 Å². The molecule has 1 aliphatic heterocycles. The Hall–Kier alpha value is -2.86. The molecule has 0 atom stereocenters. The van der Waals surface area contributed by atoms with Crippen LogP contribution in [0.15, 0.2) is 53.9 Å². The number of anilines is 1. The standard InChI is InChI=1S/C25H29N3O2S/c1-18(2)19-5-7-20(8-6-19)24-26-23(17-31-24)25(29)28-14-4-13-27(15-16-28)21-9-11-22(30-3)12-10-21/h5-12,17-18H,4,13-16H2,1-3H3. The van der Waals surface area contributed by atoms with Crippen molar-refractivity contribution in [1.29, 1.82) is 0 Å². The van der Waals surface area contributed by atoms with Crippen LogP contribution < -0.4 is 9.64 Å². The molecule has 162 valence electrons. The van der Waals surface area contributed by atoms with E-state index in [1.165, 1.54) is 16.9 Å². The number of hydrogen-bond acceptors (Lipinski definition) is 5. The summed E-state index contributed by atoms with van der Waals surface area (Å²) in [6.45, 7) is 7.56. The van der Waals surface area contributed by atoms with Crippen molar-refractivity contribution in [2.24, 2.45) is 0 Å². The van der Waals surface area contributed by atoms with Gasteiger partial charge >= 0.3 is 0 Å². The highest BCUT2D eigenvalue weighted by molar-refractivity contribution is 7.13. The molecular weight excluding hydrogens is 406 g/mol. The van der Waals surface area contributed by atoms with E-state index in [-0.39, 0.29) is 5.91 Å². The van der Waals surface area contributed by atoms with Crippen LogP contribution in [0.3, 0.4) is 0 Å². The zero-order valence-corrected chi connectivity index (χ0v) is 19.2. The Labute approximate surface area is 188 Å². The lowest BCUT2D eigenvalue weighted by atomic mass is 10.0. The molecule has 2 heterocycles. The van der Waals surface area contributed by atoms with E-state index in [1.807, 2.05) is 22.4 Å². The fourth-order valence-electron chi connectivity index (χ4n) is 3.85. The first-order chi connectivity index (χ1) is 15.0. The van der Waals surface area contributed by atoms with E-state index in [0.717, 1.165) is 48.1 Å². The number of carbonyl (C=O) groups is 1. The highest BCUT2D eigenvalue weighted by atomic mass is 32.1. The van der Waals surface area contributed by atoms with Crippen LogP contribution in [0.5, 0.6) is 5.75 Å². The molecule has 2 aromatic carbocycles. The van der Waals surface area contributed by atoms with Crippen molar-refractivity contribution in [2.75, 3.05) is 38.2 Å². The zero-order valence-electron chi connectivity index (χ0n) is 18.4. The molecule has 1 saturated heterocycles. The molecule has 0 bridgehead atoms. The summed E-state index contributed by atoms with van der Waals surface area (Å²) >= 11 is 1.53. The molecule has 4 rings (SSSR count). The summed E-state index contributed by atoms with van der Waals surface area (Å²) in [7, 11) is 1.68. The van der Waals surface area contributed by atoms with Crippen molar-refractivity contribution in [3.8, 4) is 16.3 Å². The van der Waals surface area contributed by atoms with Crippen LogP contribution in [0.4, 0.5) is 5.69 Å². The normalized spacial score (nSPS) is 14.6. The first-order valence-electron chi connectivity index (χ1n) is 10.8. The largest absolute Gasteiger partial charge is 0.497 e. The number of thiazole rings is 1. The molecule has 5 nitrogen and oxygen atoms in total. The number of amides is 1. The third-order valence-corrected chi connectivity index (χ3v) is 6.66. The van der Waals surface area contributed by atoms with Gasteiger partial charge in [0.15, 0.2) is 0 Å². The quantitative estimate of drug-likeness (QED) is 0.546. The van der Waals surface area contributed by atoms with E-state index in [2.05, 4.69) is 60.1 Å². The summed E-state index contributed by atoms with van der Waals surface area (Å²) in [6.07, 6.45) is 0.936. The molecular formula is C25H29N3O2S. The van der Waals surface area contributed by atoms with Crippen LogP contribution >= 0.6 is 11.3 Å². The number of benzene rings is 2. The van der Waals surface area contributed by atoms with Gasteiger partial charge in [-0.05, 0) is 42.2 Å². The third-order valence-electron chi connectivity index (χ3n) is 5.77. The molecule has 0 saturated carbocycles. The summed E-state index contributed by atoms with van der Waals surface area (Å²) in [5, 5.41) is 2.79. The molecule has 0 spiro atoms. The lowest BCUT2D eigenvalue weighted by Crippen LogP contribution is -2.35. The minimum Gasteiger partial charge on any atom is -0.497 e. The lowest BCUT2D eigenvalue weighted by molar-refractivity contribution is 0.0762. The van der Waals surface area contributed by atoms with Gasteiger partial charge in [0.25, 0.3) is 5.91 Å². The zero-order chi connectivity index (χ0) is 21.8. The maximum Gasteiger partial charge on any atom is 0.273 e. The Morgan fingerprint density at radius 3 is 2.42 bits per heavy atom. The Morgan fingerprint density at radius 2 is 1.74 bits per heavy atom. The molecule has 1 aromatic heterocycles. The van der Waals surface area contributed by atoms with E-state index in [1.54, 1.807) is 7.11 Å². The first-order valence-corrected chi connectivity index (χ1v) is 11.7. The number of ether oxygens (including phenoxy) is 1. The van der Waals surface area contributed by atoms with E-state index in [0.29, 0.717) is 18.2 Å². The summed E-state index contributed by atoms with van der Waals surface area (Å²) in [5.74, 6) is 1.38. The van der Waals surface area contributed by atoms with Crippen LogP contribution in [0, 0.1) is 0 Å². The average Bonchev–Trinajstić information content (AvgIpc) is 3.17. The van der Waals surface area contributed by atoms with Gasteiger partial charge in [-0.15, -0.1) is 11.3 Å². The van der Waals surface area contributed by atoms with E-state index < -0.39 is 0 Å². The summed E-state index contributed by atoms with van der Waals surface area (Å²) in [5.41, 5.74) is 4.08. The second-order valence-electron chi connectivity index (χ2n) is 8.15. The van der Waals surface area contributed by atoms with E-state index >= 15 is 0 Å². The van der Waals surface area contributed by atoms with Crippen LogP contribution in [0.1, 0.15) is 42.2 Å². The van der Waals surface area contributed by atoms with Gasteiger partial charge in [0.2, 0.25) is 0 Å². The summed E-state index contributed by atoms with van der Waals surface area (Å²) < 4.78 is 5.25. The number of nitrogens with zero attached hydrogens (tertiary/aromatic N) is 3. The van der Waals surface area contributed by atoms with Gasteiger partial charge in [-0.3, -0.25) is 4.79 Å². The van der Waals surface area contributed by atoms with Gasteiger partial charge in [-0.1, -0.05) is 38.1 Å². The Balaban J connectivity index is 1.41. The smallest absolute Gasteiger partial charge is 0.273 e. The predicted molar refractivity (Wildman–Crippen MR) is 127 cm³/mol. The Kier molecular flexibility index (Phi) is 6.56. The van der Waals surface area contributed by atoms with Crippen molar-refractivity contribution < 1.29 is 9.53 Å². The number of hydrogen-bond donors (Lipinski definition) is 0. The van der Waals surface area contributed by atoms with Crippen molar-refractivity contribution in [3.63, 3.8) is 0 Å². The summed E-state index contributed by atoms with van der Waals surface area (Å²) in [6, 6.07) is 16.6. The second kappa shape index (κ2) is 9.52. The first kappa shape index (κ1) is 21.4. The molecule has 1 aliphatic rings.